The summed E-state index contributed by atoms with van der Waals surface area (Å²) in [5.41, 5.74) is 1.85. The van der Waals surface area contributed by atoms with Crippen molar-refractivity contribution >= 4 is 12.0 Å². The maximum Gasteiger partial charge on any atom is 0.335 e. The fourth-order valence-corrected chi connectivity index (χ4v) is 1.60. The number of carboxylic acids is 1. The highest BCUT2D eigenvalue weighted by molar-refractivity contribution is 5.87. The van der Waals surface area contributed by atoms with Gasteiger partial charge in [0.2, 0.25) is 0 Å². The Morgan fingerprint density at radius 1 is 1.42 bits per heavy atom. The molecule has 0 unspecified atom stereocenters. The maximum absolute atomic E-state index is 11.7. The number of aromatic carboxylic acids is 1. The molecule has 0 atom stereocenters. The van der Waals surface area contributed by atoms with Crippen LogP contribution in [0.1, 0.15) is 22.8 Å². The molecule has 5 nitrogen and oxygen atoms in total. The number of nitrogens with one attached hydrogen (secondary N) is 1. The van der Waals surface area contributed by atoms with E-state index in [4.69, 9.17) is 5.11 Å². The molecular formula is C14H18N2O3. The lowest BCUT2D eigenvalue weighted by Gasteiger charge is -2.17. The van der Waals surface area contributed by atoms with Crippen LogP contribution < -0.4 is 5.32 Å². The molecule has 102 valence electrons. The zero-order valence-corrected chi connectivity index (χ0v) is 11.1. The summed E-state index contributed by atoms with van der Waals surface area (Å²) in [5, 5.41) is 11.6. The Hall–Kier alpha value is -2.30. The first-order valence-electron chi connectivity index (χ1n) is 5.85. The minimum Gasteiger partial charge on any atom is -0.478 e. The van der Waals surface area contributed by atoms with E-state index in [0.29, 0.717) is 13.1 Å². The second-order valence-corrected chi connectivity index (χ2v) is 4.48. The molecule has 0 saturated heterocycles. The third kappa shape index (κ3) is 4.83. The summed E-state index contributed by atoms with van der Waals surface area (Å²) >= 11 is 0. The molecule has 2 N–H and O–H groups in total. The quantitative estimate of drug-likeness (QED) is 0.798. The molecule has 0 bridgehead atoms. The molecule has 5 heteroatoms. The van der Waals surface area contributed by atoms with Gasteiger partial charge in [-0.15, -0.1) is 0 Å². The van der Waals surface area contributed by atoms with Crippen LogP contribution in [0, 0.1) is 0 Å². The summed E-state index contributed by atoms with van der Waals surface area (Å²) in [7, 11) is 1.68. The van der Waals surface area contributed by atoms with E-state index < -0.39 is 5.97 Å². The number of carboxylic acid groups (broad SMARTS) is 1. The lowest BCUT2D eigenvalue weighted by Crippen LogP contribution is -2.37. The first-order chi connectivity index (χ1) is 8.90. The van der Waals surface area contributed by atoms with Crippen molar-refractivity contribution in [3.8, 4) is 0 Å². The number of hydrogen-bond donors (Lipinski definition) is 2. The minimum absolute atomic E-state index is 0.210. The Bertz CT molecular complexity index is 497. The Kier molecular flexibility index (Phi) is 5.11. The van der Waals surface area contributed by atoms with Crippen LogP contribution in [0.3, 0.4) is 0 Å². The van der Waals surface area contributed by atoms with Gasteiger partial charge in [-0.2, -0.15) is 0 Å². The van der Waals surface area contributed by atoms with Crippen LogP contribution in [0.15, 0.2) is 36.4 Å². The SMILES string of the molecule is C=C(C)CN(C)C(=O)NCc1cccc(C(=O)O)c1. The normalized spacial score (nSPS) is 9.79. The fourth-order valence-electron chi connectivity index (χ4n) is 1.60. The van der Waals surface area contributed by atoms with E-state index in [0.717, 1.165) is 11.1 Å². The van der Waals surface area contributed by atoms with Gasteiger partial charge in [0.25, 0.3) is 0 Å². The lowest BCUT2D eigenvalue weighted by atomic mass is 10.1. The molecule has 0 aliphatic rings. The average Bonchev–Trinajstić information content (AvgIpc) is 2.35. The first-order valence-corrected chi connectivity index (χ1v) is 5.85. The standard InChI is InChI=1S/C14H18N2O3/c1-10(2)9-16(3)14(19)15-8-11-5-4-6-12(7-11)13(17)18/h4-7H,1,8-9H2,2-3H3,(H,15,19)(H,17,18). The van der Waals surface area contributed by atoms with Gasteiger partial charge >= 0.3 is 12.0 Å². The van der Waals surface area contributed by atoms with Crippen molar-refractivity contribution < 1.29 is 14.7 Å². The number of nitrogens with zero attached hydrogens (tertiary/aromatic N) is 1. The van der Waals surface area contributed by atoms with Crippen LogP contribution in [0.2, 0.25) is 0 Å². The molecule has 1 aromatic rings. The number of amides is 2. The Labute approximate surface area is 112 Å². The number of carbonyl (C=O) groups is 2. The van der Waals surface area contributed by atoms with Crippen LogP contribution in [0.25, 0.3) is 0 Å². The van der Waals surface area contributed by atoms with Crippen molar-refractivity contribution in [2.24, 2.45) is 0 Å². The van der Waals surface area contributed by atoms with Crippen molar-refractivity contribution in [1.82, 2.24) is 10.2 Å². The van der Waals surface area contributed by atoms with Crippen LogP contribution in [-0.4, -0.2) is 35.6 Å². The second-order valence-electron chi connectivity index (χ2n) is 4.48. The number of benzene rings is 1. The number of likely N-dealkylation sites (N-methyl/N-ethyl adjacent to an activating group) is 1. The van der Waals surface area contributed by atoms with E-state index in [1.54, 1.807) is 25.2 Å². The molecule has 0 spiro atoms. The molecule has 0 saturated carbocycles. The van der Waals surface area contributed by atoms with E-state index >= 15 is 0 Å². The summed E-state index contributed by atoms with van der Waals surface area (Å²) in [4.78, 5) is 24.1. The van der Waals surface area contributed by atoms with Gasteiger partial charge in [0.1, 0.15) is 0 Å². The van der Waals surface area contributed by atoms with Crippen LogP contribution in [0.4, 0.5) is 4.79 Å². The molecule has 0 aromatic heterocycles. The van der Waals surface area contributed by atoms with Gasteiger partial charge < -0.3 is 15.3 Å². The van der Waals surface area contributed by atoms with Crippen LogP contribution >= 0.6 is 0 Å². The topological polar surface area (TPSA) is 69.6 Å². The number of rotatable bonds is 5. The zero-order chi connectivity index (χ0) is 14.4. The van der Waals surface area contributed by atoms with E-state index in [1.165, 1.54) is 11.0 Å². The predicted octanol–water partition coefficient (Wildman–Crippen LogP) is 2.10. The monoisotopic (exact) mass is 262 g/mol. The van der Waals surface area contributed by atoms with E-state index in [9.17, 15) is 9.59 Å². The summed E-state index contributed by atoms with van der Waals surface area (Å²) in [5.74, 6) is -0.979. The van der Waals surface area contributed by atoms with Gasteiger partial charge in [0.05, 0.1) is 5.56 Å². The molecule has 19 heavy (non-hydrogen) atoms. The van der Waals surface area contributed by atoms with Gasteiger partial charge in [-0.1, -0.05) is 24.3 Å². The molecule has 2 amide bonds. The molecule has 1 rings (SSSR count). The van der Waals surface area contributed by atoms with Crippen molar-refractivity contribution in [3.63, 3.8) is 0 Å². The molecule has 0 heterocycles. The van der Waals surface area contributed by atoms with Crippen molar-refractivity contribution in [3.05, 3.63) is 47.5 Å². The Balaban J connectivity index is 2.57. The summed E-state index contributed by atoms with van der Waals surface area (Å²) in [6.45, 7) is 6.37. The molecule has 0 aliphatic heterocycles. The maximum atomic E-state index is 11.7. The highest BCUT2D eigenvalue weighted by Crippen LogP contribution is 2.05. The Morgan fingerprint density at radius 2 is 2.11 bits per heavy atom. The van der Waals surface area contributed by atoms with E-state index in [2.05, 4.69) is 11.9 Å². The van der Waals surface area contributed by atoms with Crippen molar-refractivity contribution in [2.75, 3.05) is 13.6 Å². The lowest BCUT2D eigenvalue weighted by molar-refractivity contribution is 0.0696. The van der Waals surface area contributed by atoms with Gasteiger partial charge in [-0.25, -0.2) is 9.59 Å². The zero-order valence-electron chi connectivity index (χ0n) is 11.1. The first kappa shape index (κ1) is 14.8. The smallest absolute Gasteiger partial charge is 0.335 e. The predicted molar refractivity (Wildman–Crippen MR) is 73.1 cm³/mol. The number of hydrogen-bond acceptors (Lipinski definition) is 2. The minimum atomic E-state index is -0.979. The van der Waals surface area contributed by atoms with Gasteiger partial charge in [0.15, 0.2) is 0 Å². The molecule has 0 radical (unpaired) electrons. The van der Waals surface area contributed by atoms with E-state index in [1.807, 2.05) is 6.92 Å². The highest BCUT2D eigenvalue weighted by atomic mass is 16.4. The third-order valence-corrected chi connectivity index (χ3v) is 2.47. The van der Waals surface area contributed by atoms with Gasteiger partial charge in [-0.3, -0.25) is 0 Å². The highest BCUT2D eigenvalue weighted by Gasteiger charge is 2.08. The van der Waals surface area contributed by atoms with Gasteiger partial charge in [-0.05, 0) is 24.6 Å². The van der Waals surface area contributed by atoms with E-state index in [-0.39, 0.29) is 11.6 Å². The number of carbonyl (C=O) groups excluding carboxylic acids is 1. The summed E-state index contributed by atoms with van der Waals surface area (Å²) in [6, 6.07) is 6.26. The molecular weight excluding hydrogens is 244 g/mol. The largest absolute Gasteiger partial charge is 0.478 e. The summed E-state index contributed by atoms with van der Waals surface area (Å²) in [6.07, 6.45) is 0. The molecule has 0 aliphatic carbocycles. The van der Waals surface area contributed by atoms with Crippen LogP contribution in [0.5, 0.6) is 0 Å². The molecule has 0 fully saturated rings. The van der Waals surface area contributed by atoms with Crippen LogP contribution in [-0.2, 0) is 6.54 Å². The van der Waals surface area contributed by atoms with Crippen molar-refractivity contribution in [2.45, 2.75) is 13.5 Å². The second kappa shape index (κ2) is 6.58. The van der Waals surface area contributed by atoms with Crippen molar-refractivity contribution in [1.29, 1.82) is 0 Å². The van der Waals surface area contributed by atoms with Gasteiger partial charge in [0, 0.05) is 20.1 Å². The number of urea groups is 1. The Morgan fingerprint density at radius 3 is 2.68 bits per heavy atom. The average molecular weight is 262 g/mol. The summed E-state index contributed by atoms with van der Waals surface area (Å²) < 4.78 is 0. The molecule has 1 aromatic carbocycles. The third-order valence-electron chi connectivity index (χ3n) is 2.47. The fraction of sp³-hybridized carbons (Fsp3) is 0.286.